The van der Waals surface area contributed by atoms with Crippen molar-refractivity contribution in [2.75, 3.05) is 38.2 Å². The highest BCUT2D eigenvalue weighted by Gasteiger charge is 2.43. The predicted octanol–water partition coefficient (Wildman–Crippen LogP) is 3.96. The SMILES string of the molecule is COC(=O)c1ccc2c(c1)C1OC2c2cc(N3CCN(C(=O)c4ccccc4)CC3)ccc21. The van der Waals surface area contributed by atoms with Crippen LogP contribution in [0.15, 0.2) is 66.7 Å². The third kappa shape index (κ3) is 3.21. The molecule has 1 fully saturated rings. The van der Waals surface area contributed by atoms with Crippen molar-refractivity contribution < 1.29 is 19.1 Å². The van der Waals surface area contributed by atoms with Crippen molar-refractivity contribution in [3.63, 3.8) is 0 Å². The summed E-state index contributed by atoms with van der Waals surface area (Å²) < 4.78 is 11.2. The Morgan fingerprint density at radius 2 is 1.45 bits per heavy atom. The summed E-state index contributed by atoms with van der Waals surface area (Å²) in [5.74, 6) is -0.237. The second-order valence-electron chi connectivity index (χ2n) is 8.69. The summed E-state index contributed by atoms with van der Waals surface area (Å²) in [4.78, 5) is 29.0. The standard InChI is InChI=1S/C27H24N2O4/c1-32-27(31)18-7-9-20-22(15-18)24-21-10-8-19(16-23(21)25(20)33-24)28-11-13-29(14-12-28)26(30)17-5-3-2-4-6-17/h2-10,15-16,24-25H,11-14H2,1H3. The van der Waals surface area contributed by atoms with Gasteiger partial charge in [-0.25, -0.2) is 4.79 Å². The second-order valence-corrected chi connectivity index (χ2v) is 8.69. The second kappa shape index (κ2) is 7.74. The molecule has 6 rings (SSSR count). The molecule has 2 bridgehead atoms. The fraction of sp³-hybridized carbons (Fsp3) is 0.259. The molecule has 3 aromatic rings. The van der Waals surface area contributed by atoms with E-state index in [4.69, 9.17) is 9.47 Å². The van der Waals surface area contributed by atoms with Crippen LogP contribution in [0.25, 0.3) is 0 Å². The first kappa shape index (κ1) is 20.0. The lowest BCUT2D eigenvalue weighted by atomic mass is 9.85. The lowest BCUT2D eigenvalue weighted by Crippen LogP contribution is -2.48. The fourth-order valence-corrected chi connectivity index (χ4v) is 5.21. The number of fused-ring (bicyclic) bond motifs is 8. The van der Waals surface area contributed by atoms with Gasteiger partial charge in [0.25, 0.3) is 5.91 Å². The number of anilines is 1. The zero-order chi connectivity index (χ0) is 22.5. The highest BCUT2D eigenvalue weighted by Crippen LogP contribution is 2.54. The van der Waals surface area contributed by atoms with Crippen molar-refractivity contribution in [2.45, 2.75) is 12.2 Å². The monoisotopic (exact) mass is 440 g/mol. The minimum absolute atomic E-state index is 0.0952. The molecule has 0 saturated carbocycles. The van der Waals surface area contributed by atoms with Gasteiger partial charge in [0.2, 0.25) is 0 Å². The average molecular weight is 440 g/mol. The molecule has 2 atom stereocenters. The summed E-state index contributed by atoms with van der Waals surface area (Å²) in [6, 6.07) is 21.7. The van der Waals surface area contributed by atoms with Crippen molar-refractivity contribution in [3.05, 3.63) is 100 Å². The Morgan fingerprint density at radius 1 is 0.788 bits per heavy atom. The molecule has 3 aliphatic rings. The number of ether oxygens (including phenoxy) is 2. The number of piperazine rings is 1. The van der Waals surface area contributed by atoms with Crippen molar-refractivity contribution in [1.29, 1.82) is 0 Å². The lowest BCUT2D eigenvalue weighted by molar-refractivity contribution is 0.0600. The highest BCUT2D eigenvalue weighted by atomic mass is 16.5. The Bertz CT molecular complexity index is 1250. The van der Waals surface area contributed by atoms with Crippen LogP contribution in [0.5, 0.6) is 0 Å². The van der Waals surface area contributed by atoms with Crippen LogP contribution < -0.4 is 4.90 Å². The van der Waals surface area contributed by atoms with Gasteiger partial charge >= 0.3 is 5.97 Å². The van der Waals surface area contributed by atoms with E-state index < -0.39 is 0 Å². The molecule has 3 aromatic carbocycles. The Labute approximate surface area is 192 Å². The lowest BCUT2D eigenvalue weighted by Gasteiger charge is -2.36. The van der Waals surface area contributed by atoms with E-state index in [-0.39, 0.29) is 24.1 Å². The highest BCUT2D eigenvalue weighted by molar-refractivity contribution is 5.94. The number of amides is 1. The van der Waals surface area contributed by atoms with Gasteiger partial charge in [0.05, 0.1) is 12.7 Å². The van der Waals surface area contributed by atoms with Gasteiger partial charge in [-0.3, -0.25) is 4.79 Å². The first-order valence-corrected chi connectivity index (χ1v) is 11.2. The zero-order valence-corrected chi connectivity index (χ0v) is 18.4. The Kier molecular flexibility index (Phi) is 4.69. The number of carbonyl (C=O) groups excluding carboxylic acids is 2. The molecule has 0 radical (unpaired) electrons. The third-order valence-electron chi connectivity index (χ3n) is 6.93. The van der Waals surface area contributed by atoms with Gasteiger partial charge in [0, 0.05) is 37.4 Å². The number of esters is 1. The summed E-state index contributed by atoms with van der Waals surface area (Å²) in [6.07, 6.45) is -0.244. The molecule has 3 heterocycles. The molecular formula is C27H24N2O4. The maximum absolute atomic E-state index is 12.7. The van der Waals surface area contributed by atoms with Crippen molar-refractivity contribution in [1.82, 2.24) is 4.90 Å². The molecule has 0 spiro atoms. The molecule has 166 valence electrons. The van der Waals surface area contributed by atoms with E-state index in [1.165, 1.54) is 12.7 Å². The molecule has 6 nitrogen and oxygen atoms in total. The normalized spacial score (nSPS) is 20.4. The summed E-state index contributed by atoms with van der Waals surface area (Å²) in [7, 11) is 1.40. The van der Waals surface area contributed by atoms with Gasteiger partial charge in [0.1, 0.15) is 12.2 Å². The van der Waals surface area contributed by atoms with E-state index in [9.17, 15) is 9.59 Å². The van der Waals surface area contributed by atoms with Crippen LogP contribution in [0, 0.1) is 0 Å². The number of rotatable bonds is 3. The fourth-order valence-electron chi connectivity index (χ4n) is 5.21. The van der Waals surface area contributed by atoms with E-state index in [0.29, 0.717) is 18.7 Å². The van der Waals surface area contributed by atoms with Gasteiger partial charge in [-0.05, 0) is 58.7 Å². The molecule has 1 saturated heterocycles. The molecule has 0 aromatic heterocycles. The zero-order valence-electron chi connectivity index (χ0n) is 18.4. The Hall–Kier alpha value is -3.64. The first-order valence-electron chi connectivity index (χ1n) is 11.2. The molecular weight excluding hydrogens is 416 g/mol. The van der Waals surface area contributed by atoms with Crippen LogP contribution in [0.1, 0.15) is 55.2 Å². The maximum Gasteiger partial charge on any atom is 0.337 e. The van der Waals surface area contributed by atoms with Crippen LogP contribution in [0.3, 0.4) is 0 Å². The van der Waals surface area contributed by atoms with Crippen LogP contribution >= 0.6 is 0 Å². The summed E-state index contributed by atoms with van der Waals surface area (Å²) in [5, 5.41) is 0. The minimum atomic E-state index is -0.332. The van der Waals surface area contributed by atoms with Gasteiger partial charge in [0.15, 0.2) is 0 Å². The largest absolute Gasteiger partial charge is 0.465 e. The van der Waals surface area contributed by atoms with Crippen molar-refractivity contribution in [3.8, 4) is 0 Å². The molecule has 0 N–H and O–H groups in total. The average Bonchev–Trinajstić information content (AvgIpc) is 3.45. The van der Waals surface area contributed by atoms with Crippen LogP contribution in [0.4, 0.5) is 5.69 Å². The number of carbonyl (C=O) groups is 2. The Morgan fingerprint density at radius 3 is 2.15 bits per heavy atom. The third-order valence-corrected chi connectivity index (χ3v) is 6.93. The number of hydrogen-bond donors (Lipinski definition) is 0. The van der Waals surface area contributed by atoms with Gasteiger partial charge in [-0.2, -0.15) is 0 Å². The van der Waals surface area contributed by atoms with Crippen LogP contribution in [0.2, 0.25) is 0 Å². The number of methoxy groups -OCH3 is 1. The topological polar surface area (TPSA) is 59.1 Å². The van der Waals surface area contributed by atoms with Crippen molar-refractivity contribution in [2.24, 2.45) is 0 Å². The van der Waals surface area contributed by atoms with E-state index in [0.717, 1.165) is 41.0 Å². The molecule has 1 amide bonds. The summed E-state index contributed by atoms with van der Waals surface area (Å²) in [6.45, 7) is 3.00. The quantitative estimate of drug-likeness (QED) is 0.577. The van der Waals surface area contributed by atoms with Gasteiger partial charge in [-0.1, -0.05) is 30.3 Å². The van der Waals surface area contributed by atoms with Crippen LogP contribution in [-0.4, -0.2) is 50.1 Å². The number of nitrogens with zero attached hydrogens (tertiary/aromatic N) is 2. The predicted molar refractivity (Wildman–Crippen MR) is 124 cm³/mol. The summed E-state index contributed by atoms with van der Waals surface area (Å²) in [5.41, 5.74) is 6.98. The van der Waals surface area contributed by atoms with E-state index in [2.05, 4.69) is 23.1 Å². The molecule has 33 heavy (non-hydrogen) atoms. The van der Waals surface area contributed by atoms with E-state index in [1.807, 2.05) is 47.4 Å². The number of benzene rings is 3. The van der Waals surface area contributed by atoms with E-state index >= 15 is 0 Å². The van der Waals surface area contributed by atoms with Gasteiger partial charge in [-0.15, -0.1) is 0 Å². The van der Waals surface area contributed by atoms with Gasteiger partial charge < -0.3 is 19.3 Å². The Balaban J connectivity index is 1.19. The van der Waals surface area contributed by atoms with Crippen LogP contribution in [-0.2, 0) is 9.47 Å². The smallest absolute Gasteiger partial charge is 0.337 e. The molecule has 6 heteroatoms. The number of hydrogen-bond acceptors (Lipinski definition) is 5. The van der Waals surface area contributed by atoms with E-state index in [1.54, 1.807) is 6.07 Å². The minimum Gasteiger partial charge on any atom is -0.465 e. The maximum atomic E-state index is 12.7. The molecule has 0 aliphatic carbocycles. The molecule has 2 unspecified atom stereocenters. The first-order chi connectivity index (χ1) is 16.1. The van der Waals surface area contributed by atoms with Crippen molar-refractivity contribution >= 4 is 17.6 Å². The summed E-state index contributed by atoms with van der Waals surface area (Å²) >= 11 is 0. The molecule has 3 aliphatic heterocycles.